The first-order valence-corrected chi connectivity index (χ1v) is 9.30. The van der Waals surface area contributed by atoms with Gasteiger partial charge < -0.3 is 14.4 Å². The molecule has 0 atom stereocenters. The van der Waals surface area contributed by atoms with Crippen molar-refractivity contribution in [2.24, 2.45) is 0 Å². The Kier molecular flexibility index (Phi) is 6.38. The highest BCUT2D eigenvalue weighted by atomic mass is 32.1. The van der Waals surface area contributed by atoms with E-state index in [9.17, 15) is 9.18 Å². The van der Waals surface area contributed by atoms with E-state index >= 15 is 0 Å². The number of benzene rings is 2. The number of rotatable bonds is 8. The molecule has 5 nitrogen and oxygen atoms in total. The van der Waals surface area contributed by atoms with Crippen LogP contribution in [0.1, 0.15) is 16.1 Å². The second kappa shape index (κ2) is 9.14. The van der Waals surface area contributed by atoms with E-state index in [1.54, 1.807) is 53.9 Å². The Morgan fingerprint density at radius 1 is 1.07 bits per heavy atom. The lowest BCUT2D eigenvalue weighted by molar-refractivity contribution is 0.0773. The molecule has 3 aromatic rings. The Morgan fingerprint density at radius 2 is 1.74 bits per heavy atom. The molecule has 0 aliphatic rings. The van der Waals surface area contributed by atoms with Gasteiger partial charge in [0.25, 0.3) is 5.91 Å². The van der Waals surface area contributed by atoms with E-state index in [1.807, 2.05) is 5.38 Å². The average molecular weight is 386 g/mol. The summed E-state index contributed by atoms with van der Waals surface area (Å²) in [4.78, 5) is 18.2. The molecule has 1 aromatic heterocycles. The molecule has 1 amide bonds. The van der Waals surface area contributed by atoms with Gasteiger partial charge in [-0.15, -0.1) is 11.3 Å². The third-order valence-corrected chi connectivity index (χ3v) is 4.46. The number of amides is 1. The third kappa shape index (κ3) is 5.52. The number of ether oxygens (including phenoxy) is 2. The summed E-state index contributed by atoms with van der Waals surface area (Å²) >= 11 is 1.52. The number of halogens is 1. The van der Waals surface area contributed by atoms with E-state index in [0.29, 0.717) is 36.8 Å². The van der Waals surface area contributed by atoms with Crippen LogP contribution in [0, 0.1) is 5.82 Å². The lowest BCUT2D eigenvalue weighted by atomic mass is 10.2. The molecule has 0 aliphatic heterocycles. The van der Waals surface area contributed by atoms with Gasteiger partial charge in [0, 0.05) is 18.0 Å². The summed E-state index contributed by atoms with van der Waals surface area (Å²) in [5.74, 6) is 0.832. The van der Waals surface area contributed by atoms with Gasteiger partial charge in [-0.05, 0) is 48.5 Å². The fraction of sp³-hybridized carbons (Fsp3) is 0.200. The van der Waals surface area contributed by atoms with Crippen LogP contribution in [0.4, 0.5) is 4.39 Å². The lowest BCUT2D eigenvalue weighted by Gasteiger charge is -2.18. The summed E-state index contributed by atoms with van der Waals surface area (Å²) in [5, 5.41) is 1.93. The summed E-state index contributed by atoms with van der Waals surface area (Å²) in [6.07, 6.45) is 0. The van der Waals surface area contributed by atoms with Gasteiger partial charge in [0.15, 0.2) is 0 Å². The molecule has 0 bridgehead atoms. The molecule has 7 heteroatoms. The van der Waals surface area contributed by atoms with Gasteiger partial charge in [-0.1, -0.05) is 0 Å². The maximum absolute atomic E-state index is 12.9. The van der Waals surface area contributed by atoms with E-state index in [1.165, 1.54) is 23.5 Å². The van der Waals surface area contributed by atoms with E-state index in [4.69, 9.17) is 9.47 Å². The predicted octanol–water partition coefficient (Wildman–Crippen LogP) is 4.01. The van der Waals surface area contributed by atoms with Crippen molar-refractivity contribution in [2.45, 2.75) is 6.61 Å². The first kappa shape index (κ1) is 18.8. The van der Waals surface area contributed by atoms with Crippen molar-refractivity contribution in [1.29, 1.82) is 0 Å². The molecule has 1 heterocycles. The maximum Gasteiger partial charge on any atom is 0.253 e. The monoisotopic (exact) mass is 386 g/mol. The highest BCUT2D eigenvalue weighted by Crippen LogP contribution is 2.16. The number of carbonyl (C=O) groups excluding carboxylic acids is 1. The molecule has 0 saturated heterocycles. The molecule has 0 saturated carbocycles. The highest BCUT2D eigenvalue weighted by Gasteiger charge is 2.12. The number of aromatic nitrogens is 1. The maximum atomic E-state index is 12.9. The Balaban J connectivity index is 1.46. The van der Waals surface area contributed by atoms with Crippen LogP contribution < -0.4 is 9.47 Å². The normalized spacial score (nSPS) is 10.4. The van der Waals surface area contributed by atoms with Crippen molar-refractivity contribution in [3.63, 3.8) is 0 Å². The van der Waals surface area contributed by atoms with E-state index in [0.717, 1.165) is 5.69 Å². The van der Waals surface area contributed by atoms with Crippen molar-refractivity contribution >= 4 is 17.2 Å². The van der Waals surface area contributed by atoms with Crippen LogP contribution in [0.2, 0.25) is 0 Å². The largest absolute Gasteiger partial charge is 0.492 e. The van der Waals surface area contributed by atoms with Gasteiger partial charge in [-0.3, -0.25) is 4.79 Å². The van der Waals surface area contributed by atoms with Crippen LogP contribution in [0.15, 0.2) is 59.4 Å². The van der Waals surface area contributed by atoms with Crippen molar-refractivity contribution in [3.05, 3.63) is 76.5 Å². The minimum absolute atomic E-state index is 0.108. The summed E-state index contributed by atoms with van der Waals surface area (Å²) in [6, 6.07) is 12.8. The Morgan fingerprint density at radius 3 is 2.41 bits per heavy atom. The minimum Gasteiger partial charge on any atom is -0.492 e. The van der Waals surface area contributed by atoms with E-state index < -0.39 is 0 Å². The zero-order chi connectivity index (χ0) is 19.1. The van der Waals surface area contributed by atoms with Gasteiger partial charge in [0.05, 0.1) is 17.7 Å². The molecule has 27 heavy (non-hydrogen) atoms. The van der Waals surface area contributed by atoms with Crippen LogP contribution in [-0.2, 0) is 6.61 Å². The number of hydrogen-bond donors (Lipinski definition) is 0. The summed E-state index contributed by atoms with van der Waals surface area (Å²) in [5.41, 5.74) is 3.21. The van der Waals surface area contributed by atoms with Crippen molar-refractivity contribution < 1.29 is 18.7 Å². The lowest BCUT2D eigenvalue weighted by Crippen LogP contribution is -2.30. The summed E-state index contributed by atoms with van der Waals surface area (Å²) in [7, 11) is 1.71. The van der Waals surface area contributed by atoms with E-state index in [2.05, 4.69) is 4.98 Å². The topological polar surface area (TPSA) is 51.7 Å². The quantitative estimate of drug-likeness (QED) is 0.587. The van der Waals surface area contributed by atoms with Crippen LogP contribution in [0.3, 0.4) is 0 Å². The van der Waals surface area contributed by atoms with Crippen molar-refractivity contribution in [2.75, 3.05) is 20.2 Å². The van der Waals surface area contributed by atoms with Gasteiger partial charge >= 0.3 is 0 Å². The Hall–Kier alpha value is -2.93. The van der Waals surface area contributed by atoms with Gasteiger partial charge in [0.2, 0.25) is 0 Å². The molecule has 3 rings (SSSR count). The van der Waals surface area contributed by atoms with Crippen LogP contribution >= 0.6 is 11.3 Å². The second-order valence-electron chi connectivity index (χ2n) is 5.82. The zero-order valence-corrected chi connectivity index (χ0v) is 15.6. The smallest absolute Gasteiger partial charge is 0.253 e. The first-order valence-electron chi connectivity index (χ1n) is 8.35. The number of nitrogens with zero attached hydrogens (tertiary/aromatic N) is 2. The van der Waals surface area contributed by atoms with Gasteiger partial charge in [-0.25, -0.2) is 9.37 Å². The zero-order valence-electron chi connectivity index (χ0n) is 14.8. The molecule has 0 spiro atoms. The van der Waals surface area contributed by atoms with Crippen molar-refractivity contribution in [3.8, 4) is 11.5 Å². The van der Waals surface area contributed by atoms with Gasteiger partial charge in [0.1, 0.15) is 30.5 Å². The summed E-state index contributed by atoms with van der Waals surface area (Å²) < 4.78 is 24.0. The molecular weight excluding hydrogens is 367 g/mol. The number of likely N-dealkylation sites (N-methyl/N-ethyl adjacent to an activating group) is 1. The Bertz CT molecular complexity index is 852. The van der Waals surface area contributed by atoms with Crippen LogP contribution in [0.25, 0.3) is 0 Å². The average Bonchev–Trinajstić information content (AvgIpc) is 3.21. The van der Waals surface area contributed by atoms with Gasteiger partial charge in [-0.2, -0.15) is 0 Å². The van der Waals surface area contributed by atoms with Crippen LogP contribution in [-0.4, -0.2) is 36.0 Å². The molecule has 140 valence electrons. The fourth-order valence-electron chi connectivity index (χ4n) is 2.31. The molecule has 0 aliphatic carbocycles. The fourth-order valence-corrected chi connectivity index (χ4v) is 2.86. The van der Waals surface area contributed by atoms with Crippen LogP contribution in [0.5, 0.6) is 11.5 Å². The van der Waals surface area contributed by atoms with E-state index in [-0.39, 0.29) is 11.7 Å². The standard InChI is InChI=1S/C20H19FN2O3S/c1-23(10-11-25-18-8-4-16(21)5-9-18)20(24)15-2-6-19(7-3-15)26-12-17-13-27-14-22-17/h2-9,13-14H,10-12H2,1H3. The summed E-state index contributed by atoms with van der Waals surface area (Å²) in [6.45, 7) is 1.14. The number of hydrogen-bond acceptors (Lipinski definition) is 5. The first-order chi connectivity index (χ1) is 13.1. The predicted molar refractivity (Wildman–Crippen MR) is 102 cm³/mol. The Labute approximate surface area is 161 Å². The molecular formula is C20H19FN2O3S. The SMILES string of the molecule is CN(CCOc1ccc(F)cc1)C(=O)c1ccc(OCc2cscn2)cc1. The molecule has 2 aromatic carbocycles. The molecule has 0 N–H and O–H groups in total. The highest BCUT2D eigenvalue weighted by molar-refractivity contribution is 7.07. The second-order valence-corrected chi connectivity index (χ2v) is 6.54. The third-order valence-electron chi connectivity index (χ3n) is 3.83. The molecule has 0 unspecified atom stereocenters. The number of carbonyl (C=O) groups is 1. The number of thiazole rings is 1. The molecule has 0 fully saturated rings. The minimum atomic E-state index is -0.311. The molecule has 0 radical (unpaired) electrons. The van der Waals surface area contributed by atoms with Crippen molar-refractivity contribution in [1.82, 2.24) is 9.88 Å².